The Bertz CT molecular complexity index is 801. The molecule has 2 aliphatic rings. The van der Waals surface area contributed by atoms with E-state index in [1.54, 1.807) is 19.4 Å². The summed E-state index contributed by atoms with van der Waals surface area (Å²) < 4.78 is 11.5. The van der Waals surface area contributed by atoms with Crippen LogP contribution in [0.15, 0.2) is 39.7 Å². The zero-order valence-electron chi connectivity index (χ0n) is 13.9. The second-order valence-electron chi connectivity index (χ2n) is 7.02. The molecule has 5 heteroatoms. The van der Waals surface area contributed by atoms with Crippen molar-refractivity contribution in [3.8, 4) is 0 Å². The lowest BCUT2D eigenvalue weighted by molar-refractivity contribution is -0.0880. The number of rotatable bonds is 3. The average molecular weight is 329 g/mol. The second-order valence-corrected chi connectivity index (χ2v) is 7.02. The number of nitrogens with zero attached hydrogens (tertiary/aromatic N) is 1. The van der Waals surface area contributed by atoms with E-state index >= 15 is 0 Å². The summed E-state index contributed by atoms with van der Waals surface area (Å²) >= 11 is 0. The molecule has 2 fully saturated rings. The summed E-state index contributed by atoms with van der Waals surface area (Å²) in [5.74, 6) is 0. The van der Waals surface area contributed by atoms with Crippen LogP contribution in [0.25, 0.3) is 11.0 Å². The van der Waals surface area contributed by atoms with Crippen molar-refractivity contribution >= 4 is 11.0 Å². The molecular formula is C19H23NO4. The SMILES string of the molecule is CO[C@@]12CC[C@H](O)C[C@@H]1N(Cc1coc3ccccc3c1=O)CC2. The van der Waals surface area contributed by atoms with Crippen LogP contribution in [0, 0.1) is 0 Å². The van der Waals surface area contributed by atoms with Crippen LogP contribution in [0.4, 0.5) is 0 Å². The number of ether oxygens (including phenoxy) is 1. The molecule has 1 aromatic heterocycles. The summed E-state index contributed by atoms with van der Waals surface area (Å²) in [6.07, 6.45) is 4.60. The number of fused-ring (bicyclic) bond motifs is 2. The van der Waals surface area contributed by atoms with Crippen LogP contribution in [0.1, 0.15) is 31.2 Å². The Balaban J connectivity index is 1.64. The van der Waals surface area contributed by atoms with Crippen LogP contribution < -0.4 is 5.43 Å². The zero-order chi connectivity index (χ0) is 16.7. The first-order valence-corrected chi connectivity index (χ1v) is 8.60. The Labute approximate surface area is 140 Å². The largest absolute Gasteiger partial charge is 0.464 e. The molecule has 0 amide bonds. The van der Waals surface area contributed by atoms with Gasteiger partial charge in [-0.1, -0.05) is 12.1 Å². The molecular weight excluding hydrogens is 306 g/mol. The molecule has 0 bridgehead atoms. The molecule has 5 nitrogen and oxygen atoms in total. The molecule has 1 N–H and O–H groups in total. The van der Waals surface area contributed by atoms with Gasteiger partial charge in [0, 0.05) is 31.8 Å². The third kappa shape index (κ3) is 2.48. The van der Waals surface area contributed by atoms with Crippen molar-refractivity contribution in [2.24, 2.45) is 0 Å². The number of aliphatic hydroxyl groups is 1. The molecule has 128 valence electrons. The summed E-state index contributed by atoms with van der Waals surface area (Å²) in [5.41, 5.74) is 1.13. The van der Waals surface area contributed by atoms with Crippen molar-refractivity contribution in [2.45, 2.75) is 50.0 Å². The lowest BCUT2D eigenvalue weighted by Crippen LogP contribution is -2.51. The van der Waals surface area contributed by atoms with E-state index in [4.69, 9.17) is 9.15 Å². The highest BCUT2D eigenvalue weighted by Gasteiger charge is 2.50. The minimum atomic E-state index is -0.285. The fraction of sp³-hybridized carbons (Fsp3) is 0.526. The Hall–Kier alpha value is -1.69. The lowest BCUT2D eigenvalue weighted by Gasteiger charge is -2.42. The van der Waals surface area contributed by atoms with Gasteiger partial charge in [-0.05, 0) is 37.8 Å². The standard InChI is InChI=1S/C19H23NO4/c1-23-19-7-6-14(21)10-17(19)20(9-8-19)11-13-12-24-16-5-3-2-4-15(16)18(13)22/h2-5,12,14,17,21H,6-11H2,1H3/t14-,17-,19+/m0/s1. The summed E-state index contributed by atoms with van der Waals surface area (Å²) in [6.45, 7) is 1.41. The van der Waals surface area contributed by atoms with E-state index < -0.39 is 0 Å². The Kier molecular flexibility index (Phi) is 3.95. The van der Waals surface area contributed by atoms with Gasteiger partial charge in [0.15, 0.2) is 5.43 Å². The average Bonchev–Trinajstić information content (AvgIpc) is 2.96. The molecule has 0 unspecified atom stereocenters. The topological polar surface area (TPSA) is 62.9 Å². The molecule has 3 atom stereocenters. The maximum absolute atomic E-state index is 12.7. The minimum absolute atomic E-state index is 0.0307. The number of para-hydroxylation sites is 1. The van der Waals surface area contributed by atoms with Crippen LogP contribution in [-0.4, -0.2) is 41.4 Å². The van der Waals surface area contributed by atoms with Gasteiger partial charge < -0.3 is 14.3 Å². The van der Waals surface area contributed by atoms with E-state index in [0.29, 0.717) is 29.5 Å². The van der Waals surface area contributed by atoms with Crippen LogP contribution >= 0.6 is 0 Å². The smallest absolute Gasteiger partial charge is 0.197 e. The zero-order valence-corrected chi connectivity index (χ0v) is 13.9. The predicted molar refractivity (Wildman–Crippen MR) is 90.9 cm³/mol. The van der Waals surface area contributed by atoms with Gasteiger partial charge in [-0.15, -0.1) is 0 Å². The Morgan fingerprint density at radius 2 is 2.21 bits per heavy atom. The first kappa shape index (κ1) is 15.8. The van der Waals surface area contributed by atoms with Gasteiger partial charge in [0.2, 0.25) is 0 Å². The number of aliphatic hydroxyl groups excluding tert-OH is 1. The summed E-state index contributed by atoms with van der Waals surface area (Å²) in [5, 5.41) is 10.7. The highest BCUT2D eigenvalue weighted by atomic mass is 16.5. The van der Waals surface area contributed by atoms with Crippen LogP contribution in [0.3, 0.4) is 0 Å². The van der Waals surface area contributed by atoms with Crippen LogP contribution in [-0.2, 0) is 11.3 Å². The highest BCUT2D eigenvalue weighted by Crippen LogP contribution is 2.42. The van der Waals surface area contributed by atoms with Crippen molar-refractivity contribution in [2.75, 3.05) is 13.7 Å². The summed E-state index contributed by atoms with van der Waals surface area (Å²) in [6, 6.07) is 7.48. The fourth-order valence-electron chi connectivity index (χ4n) is 4.41. The van der Waals surface area contributed by atoms with E-state index in [-0.39, 0.29) is 23.2 Å². The number of methoxy groups -OCH3 is 1. The fourth-order valence-corrected chi connectivity index (χ4v) is 4.41. The van der Waals surface area contributed by atoms with Crippen molar-refractivity contribution in [1.82, 2.24) is 4.90 Å². The van der Waals surface area contributed by atoms with Crippen molar-refractivity contribution < 1.29 is 14.3 Å². The van der Waals surface area contributed by atoms with Gasteiger partial charge in [0.05, 0.1) is 23.4 Å². The molecule has 2 heterocycles. The van der Waals surface area contributed by atoms with E-state index in [2.05, 4.69) is 4.90 Å². The number of likely N-dealkylation sites (tertiary alicyclic amines) is 1. The van der Waals surface area contributed by atoms with Gasteiger partial charge >= 0.3 is 0 Å². The Morgan fingerprint density at radius 1 is 1.38 bits per heavy atom. The van der Waals surface area contributed by atoms with E-state index in [1.807, 2.05) is 18.2 Å². The number of hydrogen-bond donors (Lipinski definition) is 1. The normalized spacial score (nSPS) is 30.6. The van der Waals surface area contributed by atoms with E-state index in [1.165, 1.54) is 0 Å². The molecule has 0 spiro atoms. The predicted octanol–water partition coefficient (Wildman–Crippen LogP) is 2.30. The monoisotopic (exact) mass is 329 g/mol. The number of hydrogen-bond acceptors (Lipinski definition) is 5. The third-order valence-electron chi connectivity index (χ3n) is 5.80. The van der Waals surface area contributed by atoms with Crippen LogP contribution in [0.2, 0.25) is 0 Å². The minimum Gasteiger partial charge on any atom is -0.464 e. The first-order chi connectivity index (χ1) is 11.6. The molecule has 1 aliphatic heterocycles. The van der Waals surface area contributed by atoms with E-state index in [9.17, 15) is 9.90 Å². The Morgan fingerprint density at radius 3 is 3.04 bits per heavy atom. The van der Waals surface area contributed by atoms with Crippen molar-refractivity contribution in [3.63, 3.8) is 0 Å². The molecule has 24 heavy (non-hydrogen) atoms. The van der Waals surface area contributed by atoms with E-state index in [0.717, 1.165) is 25.8 Å². The van der Waals surface area contributed by atoms with Gasteiger partial charge in [-0.3, -0.25) is 9.69 Å². The van der Waals surface area contributed by atoms with Crippen LogP contribution in [0.5, 0.6) is 0 Å². The summed E-state index contributed by atoms with van der Waals surface area (Å²) in [7, 11) is 1.76. The number of benzene rings is 1. The van der Waals surface area contributed by atoms with Crippen molar-refractivity contribution in [3.05, 3.63) is 46.3 Å². The molecule has 1 saturated carbocycles. The third-order valence-corrected chi connectivity index (χ3v) is 5.80. The second kappa shape index (κ2) is 5.99. The molecule has 4 rings (SSSR count). The van der Waals surface area contributed by atoms with Gasteiger partial charge in [0.1, 0.15) is 5.58 Å². The molecule has 1 aliphatic carbocycles. The highest BCUT2D eigenvalue weighted by molar-refractivity contribution is 5.76. The maximum atomic E-state index is 12.7. The molecule has 0 radical (unpaired) electrons. The first-order valence-electron chi connectivity index (χ1n) is 8.60. The van der Waals surface area contributed by atoms with Gasteiger partial charge in [-0.2, -0.15) is 0 Å². The molecule has 2 aromatic rings. The summed E-state index contributed by atoms with van der Waals surface area (Å²) in [4.78, 5) is 15.0. The lowest BCUT2D eigenvalue weighted by atomic mass is 9.79. The molecule has 1 saturated heterocycles. The van der Waals surface area contributed by atoms with Gasteiger partial charge in [-0.25, -0.2) is 0 Å². The van der Waals surface area contributed by atoms with Crippen molar-refractivity contribution in [1.29, 1.82) is 0 Å². The van der Waals surface area contributed by atoms with Gasteiger partial charge in [0.25, 0.3) is 0 Å². The maximum Gasteiger partial charge on any atom is 0.197 e. The molecule has 1 aromatic carbocycles. The quantitative estimate of drug-likeness (QED) is 0.936.